The lowest BCUT2D eigenvalue weighted by atomic mass is 9.92. The van der Waals surface area contributed by atoms with E-state index in [1.165, 1.54) is 18.2 Å². The second-order valence-electron chi connectivity index (χ2n) is 6.82. The molecular formula is C21H21F3N2O. The summed E-state index contributed by atoms with van der Waals surface area (Å²) < 4.78 is 38.6. The molecule has 1 amide bonds. The molecule has 6 heteroatoms. The summed E-state index contributed by atoms with van der Waals surface area (Å²) in [4.78, 5) is 15.6. The summed E-state index contributed by atoms with van der Waals surface area (Å²) in [5.41, 5.74) is 4.00. The number of halogens is 3. The summed E-state index contributed by atoms with van der Waals surface area (Å²) >= 11 is 0. The van der Waals surface area contributed by atoms with Crippen LogP contribution in [0.15, 0.2) is 49.1 Å². The Hall–Kier alpha value is -2.76. The van der Waals surface area contributed by atoms with Crippen LogP contribution in [-0.2, 0) is 23.9 Å². The molecule has 0 bridgehead atoms. The molecule has 2 aromatic carbocycles. The number of hydrogen-bond acceptors (Lipinski definition) is 2. The standard InChI is InChI=1S/C21H21F3N2O/c1-4-20(27)26-10-9-15-12-19(25(2)3)18(11-16(15)13-26)14-5-7-17(8-6-14)21(22,23)24/h4-8,11-12H,1,9-10,13H2,2-3H3. The second-order valence-corrected chi connectivity index (χ2v) is 6.82. The highest BCUT2D eigenvalue weighted by atomic mass is 19.4. The molecule has 0 N–H and O–H groups in total. The van der Waals surface area contributed by atoms with Crippen LogP contribution >= 0.6 is 0 Å². The Morgan fingerprint density at radius 1 is 1.15 bits per heavy atom. The van der Waals surface area contributed by atoms with Gasteiger partial charge in [-0.1, -0.05) is 18.7 Å². The molecule has 0 unspecified atom stereocenters. The number of carbonyl (C=O) groups excluding carboxylic acids is 1. The fraction of sp³-hybridized carbons (Fsp3) is 0.286. The second kappa shape index (κ2) is 7.10. The van der Waals surface area contributed by atoms with Gasteiger partial charge in [-0.2, -0.15) is 13.2 Å². The molecule has 1 heterocycles. The number of benzene rings is 2. The zero-order chi connectivity index (χ0) is 19.8. The normalized spacial score (nSPS) is 13.9. The molecule has 0 atom stereocenters. The average molecular weight is 374 g/mol. The SMILES string of the molecule is C=CC(=O)N1CCc2cc(N(C)C)c(-c3ccc(C(F)(F)F)cc3)cc2C1. The first-order valence-electron chi connectivity index (χ1n) is 8.63. The number of carbonyl (C=O) groups is 1. The van der Waals surface area contributed by atoms with E-state index in [-0.39, 0.29) is 5.91 Å². The predicted molar refractivity (Wildman–Crippen MR) is 101 cm³/mol. The number of nitrogens with zero attached hydrogens (tertiary/aromatic N) is 2. The van der Waals surface area contributed by atoms with Crippen LogP contribution in [0.4, 0.5) is 18.9 Å². The number of amides is 1. The molecule has 0 aliphatic carbocycles. The van der Waals surface area contributed by atoms with Gasteiger partial charge in [0.1, 0.15) is 0 Å². The van der Waals surface area contributed by atoms with E-state index in [4.69, 9.17) is 0 Å². The van der Waals surface area contributed by atoms with Crippen LogP contribution in [0.1, 0.15) is 16.7 Å². The maximum Gasteiger partial charge on any atom is 0.416 e. The summed E-state index contributed by atoms with van der Waals surface area (Å²) in [6.07, 6.45) is -2.32. The van der Waals surface area contributed by atoms with Crippen LogP contribution in [0, 0.1) is 0 Å². The van der Waals surface area contributed by atoms with Crippen LogP contribution in [-0.4, -0.2) is 31.4 Å². The first kappa shape index (κ1) is 19.0. The van der Waals surface area contributed by atoms with Gasteiger partial charge in [-0.05, 0) is 53.5 Å². The lowest BCUT2D eigenvalue weighted by molar-refractivity contribution is -0.137. The zero-order valence-corrected chi connectivity index (χ0v) is 15.3. The van der Waals surface area contributed by atoms with Gasteiger partial charge in [0.05, 0.1) is 5.56 Å². The fourth-order valence-corrected chi connectivity index (χ4v) is 3.35. The average Bonchev–Trinajstić information content (AvgIpc) is 2.65. The first-order valence-corrected chi connectivity index (χ1v) is 8.63. The van der Waals surface area contributed by atoms with Crippen molar-refractivity contribution >= 4 is 11.6 Å². The van der Waals surface area contributed by atoms with Crippen LogP contribution in [0.5, 0.6) is 0 Å². The maximum absolute atomic E-state index is 12.9. The van der Waals surface area contributed by atoms with Gasteiger partial charge in [0.15, 0.2) is 0 Å². The van der Waals surface area contributed by atoms with Crippen LogP contribution in [0.25, 0.3) is 11.1 Å². The Balaban J connectivity index is 2.04. The van der Waals surface area contributed by atoms with Gasteiger partial charge < -0.3 is 9.80 Å². The van der Waals surface area contributed by atoms with Crippen molar-refractivity contribution in [2.45, 2.75) is 19.1 Å². The highest BCUT2D eigenvalue weighted by Gasteiger charge is 2.30. The maximum atomic E-state index is 12.9. The zero-order valence-electron chi connectivity index (χ0n) is 15.3. The van der Waals surface area contributed by atoms with E-state index >= 15 is 0 Å². The summed E-state index contributed by atoms with van der Waals surface area (Å²) in [7, 11) is 3.82. The highest BCUT2D eigenvalue weighted by Crippen LogP contribution is 2.37. The Morgan fingerprint density at radius 3 is 2.37 bits per heavy atom. The van der Waals surface area contributed by atoms with E-state index in [9.17, 15) is 18.0 Å². The van der Waals surface area contributed by atoms with E-state index in [2.05, 4.69) is 12.6 Å². The third-order valence-corrected chi connectivity index (χ3v) is 4.82. The third-order valence-electron chi connectivity index (χ3n) is 4.82. The van der Waals surface area contributed by atoms with Gasteiger partial charge in [-0.25, -0.2) is 0 Å². The molecule has 1 aliphatic rings. The summed E-state index contributed by atoms with van der Waals surface area (Å²) in [6, 6.07) is 9.23. The molecule has 0 fully saturated rings. The van der Waals surface area contributed by atoms with E-state index in [1.807, 2.05) is 25.1 Å². The minimum Gasteiger partial charge on any atom is -0.377 e. The van der Waals surface area contributed by atoms with Crippen molar-refractivity contribution in [3.05, 3.63) is 65.7 Å². The third kappa shape index (κ3) is 3.84. The lowest BCUT2D eigenvalue weighted by Crippen LogP contribution is -2.34. The Morgan fingerprint density at radius 2 is 1.81 bits per heavy atom. The summed E-state index contributed by atoms with van der Waals surface area (Å²) in [5, 5.41) is 0. The molecule has 27 heavy (non-hydrogen) atoms. The van der Waals surface area contributed by atoms with Gasteiger partial charge in [0, 0.05) is 38.4 Å². The number of hydrogen-bond donors (Lipinski definition) is 0. The molecule has 0 saturated carbocycles. The molecule has 142 valence electrons. The Labute approximate surface area is 156 Å². The molecule has 3 nitrogen and oxygen atoms in total. The van der Waals surface area contributed by atoms with Crippen molar-refractivity contribution in [1.82, 2.24) is 4.90 Å². The van der Waals surface area contributed by atoms with Crippen LogP contribution in [0.2, 0.25) is 0 Å². The van der Waals surface area contributed by atoms with Crippen molar-refractivity contribution in [2.24, 2.45) is 0 Å². The highest BCUT2D eigenvalue weighted by molar-refractivity contribution is 5.87. The summed E-state index contributed by atoms with van der Waals surface area (Å²) in [6.45, 7) is 4.64. The molecule has 1 aliphatic heterocycles. The first-order chi connectivity index (χ1) is 12.7. The van der Waals surface area contributed by atoms with Gasteiger partial charge in [0.2, 0.25) is 5.91 Å². The largest absolute Gasteiger partial charge is 0.416 e. The molecule has 2 aromatic rings. The van der Waals surface area contributed by atoms with Crippen LogP contribution in [0.3, 0.4) is 0 Å². The van der Waals surface area contributed by atoms with Crippen molar-refractivity contribution in [2.75, 3.05) is 25.5 Å². The predicted octanol–water partition coefficient (Wildman–Crippen LogP) is 4.51. The number of rotatable bonds is 3. The Kier molecular flexibility index (Phi) is 5.00. The topological polar surface area (TPSA) is 23.6 Å². The quantitative estimate of drug-likeness (QED) is 0.738. The van der Waals surface area contributed by atoms with Crippen molar-refractivity contribution < 1.29 is 18.0 Å². The Bertz CT molecular complexity index is 870. The molecular weight excluding hydrogens is 353 g/mol. The molecule has 0 spiro atoms. The molecule has 0 saturated heterocycles. The number of anilines is 1. The van der Waals surface area contributed by atoms with Gasteiger partial charge in [-0.15, -0.1) is 0 Å². The lowest BCUT2D eigenvalue weighted by Gasteiger charge is -2.30. The van der Waals surface area contributed by atoms with Gasteiger partial charge in [-0.3, -0.25) is 4.79 Å². The molecule has 3 rings (SSSR count). The molecule has 0 radical (unpaired) electrons. The monoisotopic (exact) mass is 374 g/mol. The van der Waals surface area contributed by atoms with Crippen LogP contribution < -0.4 is 4.90 Å². The van der Waals surface area contributed by atoms with Gasteiger partial charge in [0.25, 0.3) is 0 Å². The van der Waals surface area contributed by atoms with E-state index in [0.717, 1.165) is 40.9 Å². The number of alkyl halides is 3. The van der Waals surface area contributed by atoms with Crippen molar-refractivity contribution in [3.8, 4) is 11.1 Å². The summed E-state index contributed by atoms with van der Waals surface area (Å²) in [5.74, 6) is -0.117. The smallest absolute Gasteiger partial charge is 0.377 e. The molecule has 0 aromatic heterocycles. The minimum absolute atomic E-state index is 0.117. The fourth-order valence-electron chi connectivity index (χ4n) is 3.35. The van der Waals surface area contributed by atoms with Crippen molar-refractivity contribution in [1.29, 1.82) is 0 Å². The van der Waals surface area contributed by atoms with E-state index in [1.54, 1.807) is 4.90 Å². The number of fused-ring (bicyclic) bond motifs is 1. The van der Waals surface area contributed by atoms with Gasteiger partial charge >= 0.3 is 6.18 Å². The van der Waals surface area contributed by atoms with E-state index in [0.29, 0.717) is 18.7 Å². The van der Waals surface area contributed by atoms with E-state index < -0.39 is 11.7 Å². The minimum atomic E-state index is -4.36. The van der Waals surface area contributed by atoms with Crippen molar-refractivity contribution in [3.63, 3.8) is 0 Å².